The van der Waals surface area contributed by atoms with Gasteiger partial charge in [0.1, 0.15) is 5.82 Å². The van der Waals surface area contributed by atoms with Gasteiger partial charge in [-0.3, -0.25) is 4.90 Å². The van der Waals surface area contributed by atoms with Crippen LogP contribution >= 0.6 is 0 Å². The van der Waals surface area contributed by atoms with Crippen LogP contribution in [0.5, 0.6) is 0 Å². The number of aryl methyl sites for hydroxylation is 1. The summed E-state index contributed by atoms with van der Waals surface area (Å²) in [6, 6.07) is 0.764. The van der Waals surface area contributed by atoms with Gasteiger partial charge in [-0.05, 0) is 51.4 Å². The van der Waals surface area contributed by atoms with Crippen LogP contribution in [0.3, 0.4) is 0 Å². The Balaban J connectivity index is 1.44. The molecule has 2 heterocycles. The van der Waals surface area contributed by atoms with Gasteiger partial charge in [-0.1, -0.05) is 0 Å². The summed E-state index contributed by atoms with van der Waals surface area (Å²) < 4.78 is 2.29. The first kappa shape index (κ1) is 13.8. The Kier molecular flexibility index (Phi) is 3.34. The van der Waals surface area contributed by atoms with Crippen LogP contribution in [0.25, 0.3) is 0 Å². The van der Waals surface area contributed by atoms with E-state index in [1.165, 1.54) is 45.3 Å². The molecule has 4 nitrogen and oxygen atoms in total. The lowest BCUT2D eigenvalue weighted by Crippen LogP contribution is -2.64. The van der Waals surface area contributed by atoms with Crippen molar-refractivity contribution in [3.05, 3.63) is 18.2 Å². The number of hydrogen-bond acceptors (Lipinski definition) is 3. The average molecular weight is 288 g/mol. The summed E-state index contributed by atoms with van der Waals surface area (Å²) >= 11 is 0. The molecule has 3 aliphatic rings. The molecule has 21 heavy (non-hydrogen) atoms. The van der Waals surface area contributed by atoms with E-state index in [2.05, 4.69) is 39.8 Å². The van der Waals surface area contributed by atoms with Gasteiger partial charge in [0.15, 0.2) is 0 Å². The monoisotopic (exact) mass is 288 g/mol. The van der Waals surface area contributed by atoms with Crippen molar-refractivity contribution >= 4 is 0 Å². The zero-order valence-electron chi connectivity index (χ0n) is 13.4. The van der Waals surface area contributed by atoms with E-state index in [4.69, 9.17) is 0 Å². The Morgan fingerprint density at radius 3 is 2.71 bits per heavy atom. The molecule has 4 heteroatoms. The lowest BCUT2D eigenvalue weighted by Gasteiger charge is -2.47. The number of rotatable bonds is 5. The topological polar surface area (TPSA) is 33.1 Å². The third-order valence-corrected chi connectivity index (χ3v) is 5.91. The molecule has 1 aromatic rings. The van der Waals surface area contributed by atoms with E-state index in [0.717, 1.165) is 30.2 Å². The molecule has 0 bridgehead atoms. The van der Waals surface area contributed by atoms with Crippen molar-refractivity contribution in [2.45, 2.75) is 57.7 Å². The van der Waals surface area contributed by atoms with Crippen LogP contribution < -0.4 is 5.32 Å². The van der Waals surface area contributed by atoms with Crippen molar-refractivity contribution in [3.8, 4) is 0 Å². The quantitative estimate of drug-likeness (QED) is 0.900. The third-order valence-electron chi connectivity index (χ3n) is 5.91. The molecular formula is C17H28N4. The van der Waals surface area contributed by atoms with Crippen molar-refractivity contribution in [1.29, 1.82) is 0 Å². The van der Waals surface area contributed by atoms with Crippen LogP contribution in [0.15, 0.2) is 12.4 Å². The number of nitrogens with zero attached hydrogens (tertiary/aromatic N) is 3. The van der Waals surface area contributed by atoms with Crippen molar-refractivity contribution in [2.24, 2.45) is 11.8 Å². The molecule has 3 fully saturated rings. The van der Waals surface area contributed by atoms with Gasteiger partial charge in [-0.25, -0.2) is 4.98 Å². The minimum absolute atomic E-state index is 0.357. The highest BCUT2D eigenvalue weighted by Crippen LogP contribution is 2.44. The summed E-state index contributed by atoms with van der Waals surface area (Å²) in [6.45, 7) is 9.22. The highest BCUT2D eigenvalue weighted by Gasteiger charge is 2.48. The molecule has 2 aliphatic carbocycles. The number of imidazole rings is 1. The fourth-order valence-electron chi connectivity index (χ4n) is 4.12. The van der Waals surface area contributed by atoms with Gasteiger partial charge in [-0.15, -0.1) is 0 Å². The van der Waals surface area contributed by atoms with Gasteiger partial charge in [0, 0.05) is 50.2 Å². The Labute approximate surface area is 127 Å². The molecule has 4 rings (SSSR count). The molecule has 2 atom stereocenters. The second kappa shape index (κ2) is 5.10. The smallest absolute Gasteiger partial charge is 0.105 e. The van der Waals surface area contributed by atoms with E-state index in [9.17, 15) is 0 Å². The van der Waals surface area contributed by atoms with Crippen LogP contribution in [-0.2, 0) is 6.54 Å². The summed E-state index contributed by atoms with van der Waals surface area (Å²) in [5, 5.41) is 3.90. The maximum absolute atomic E-state index is 4.35. The molecule has 1 aromatic heterocycles. The predicted molar refractivity (Wildman–Crippen MR) is 84.2 cm³/mol. The summed E-state index contributed by atoms with van der Waals surface area (Å²) in [5.41, 5.74) is 0.357. The SMILES string of the molecule is Cc1nccn1CCN1CC(C)(C2CC2)NCC1C1CC1. The van der Waals surface area contributed by atoms with E-state index < -0.39 is 0 Å². The lowest BCUT2D eigenvalue weighted by molar-refractivity contribution is 0.0611. The highest BCUT2D eigenvalue weighted by molar-refractivity contribution is 5.06. The van der Waals surface area contributed by atoms with E-state index in [-0.39, 0.29) is 0 Å². The molecule has 2 unspecified atom stereocenters. The molecule has 1 saturated heterocycles. The third kappa shape index (κ3) is 2.76. The first-order valence-corrected chi connectivity index (χ1v) is 8.62. The standard InChI is InChI=1S/C17H28N4/c1-13-18-7-8-20(13)9-10-21-12-17(2,15-5-6-15)19-11-16(21)14-3-4-14/h7-8,14-16,19H,3-6,9-12H2,1-2H3. The molecule has 0 aromatic carbocycles. The fraction of sp³-hybridized carbons (Fsp3) is 0.824. The van der Waals surface area contributed by atoms with Crippen molar-refractivity contribution < 1.29 is 0 Å². The molecule has 2 saturated carbocycles. The molecule has 0 amide bonds. The van der Waals surface area contributed by atoms with Gasteiger partial charge in [-0.2, -0.15) is 0 Å². The molecular weight excluding hydrogens is 260 g/mol. The Bertz CT molecular complexity index is 503. The first-order valence-electron chi connectivity index (χ1n) is 8.62. The van der Waals surface area contributed by atoms with Crippen LogP contribution in [0.1, 0.15) is 38.4 Å². The van der Waals surface area contributed by atoms with Crippen LogP contribution in [0.4, 0.5) is 0 Å². The second-order valence-electron chi connectivity index (χ2n) is 7.62. The van der Waals surface area contributed by atoms with Gasteiger partial charge in [0.2, 0.25) is 0 Å². The maximum atomic E-state index is 4.35. The zero-order valence-corrected chi connectivity index (χ0v) is 13.4. The van der Waals surface area contributed by atoms with Gasteiger partial charge in [0.05, 0.1) is 0 Å². The van der Waals surface area contributed by atoms with Crippen molar-refractivity contribution in [2.75, 3.05) is 19.6 Å². The van der Waals surface area contributed by atoms with Crippen LogP contribution in [-0.4, -0.2) is 45.7 Å². The zero-order chi connectivity index (χ0) is 14.4. The van der Waals surface area contributed by atoms with Gasteiger partial charge < -0.3 is 9.88 Å². The molecule has 116 valence electrons. The molecule has 0 spiro atoms. The van der Waals surface area contributed by atoms with E-state index in [1.807, 2.05) is 6.20 Å². The minimum atomic E-state index is 0.357. The predicted octanol–water partition coefficient (Wildman–Crippen LogP) is 2.04. The lowest BCUT2D eigenvalue weighted by atomic mass is 9.90. The Morgan fingerprint density at radius 2 is 2.10 bits per heavy atom. The number of aromatic nitrogens is 2. The van der Waals surface area contributed by atoms with E-state index in [1.54, 1.807) is 0 Å². The summed E-state index contributed by atoms with van der Waals surface area (Å²) in [4.78, 5) is 7.13. The number of hydrogen-bond donors (Lipinski definition) is 1. The summed E-state index contributed by atoms with van der Waals surface area (Å²) in [7, 11) is 0. The van der Waals surface area contributed by atoms with E-state index >= 15 is 0 Å². The fourth-order valence-corrected chi connectivity index (χ4v) is 4.12. The minimum Gasteiger partial charge on any atom is -0.334 e. The Morgan fingerprint density at radius 1 is 1.29 bits per heavy atom. The highest BCUT2D eigenvalue weighted by atomic mass is 15.3. The second-order valence-corrected chi connectivity index (χ2v) is 7.62. The van der Waals surface area contributed by atoms with Crippen molar-refractivity contribution in [3.63, 3.8) is 0 Å². The van der Waals surface area contributed by atoms with Crippen LogP contribution in [0, 0.1) is 18.8 Å². The van der Waals surface area contributed by atoms with Gasteiger partial charge >= 0.3 is 0 Å². The molecule has 1 N–H and O–H groups in total. The van der Waals surface area contributed by atoms with Crippen molar-refractivity contribution in [1.82, 2.24) is 19.8 Å². The number of piperazine rings is 1. The normalized spacial score (nSPS) is 34.3. The average Bonchev–Trinajstić information content (AvgIpc) is 3.35. The number of nitrogens with one attached hydrogen (secondary N) is 1. The largest absolute Gasteiger partial charge is 0.334 e. The molecule has 1 aliphatic heterocycles. The first-order chi connectivity index (χ1) is 10.2. The van der Waals surface area contributed by atoms with Crippen LogP contribution in [0.2, 0.25) is 0 Å². The maximum Gasteiger partial charge on any atom is 0.105 e. The summed E-state index contributed by atoms with van der Waals surface area (Å²) in [6.07, 6.45) is 9.75. The Hall–Kier alpha value is -0.870. The molecule has 0 radical (unpaired) electrons. The summed E-state index contributed by atoms with van der Waals surface area (Å²) in [5.74, 6) is 3.00. The van der Waals surface area contributed by atoms with Gasteiger partial charge in [0.25, 0.3) is 0 Å². The van der Waals surface area contributed by atoms with E-state index in [0.29, 0.717) is 5.54 Å².